The van der Waals surface area contributed by atoms with Crippen LogP contribution >= 0.6 is 0 Å². The van der Waals surface area contributed by atoms with Crippen molar-refractivity contribution >= 4 is 17.3 Å². The summed E-state index contributed by atoms with van der Waals surface area (Å²) in [6, 6.07) is 10.3. The van der Waals surface area contributed by atoms with E-state index in [2.05, 4.69) is 4.98 Å². The van der Waals surface area contributed by atoms with Gasteiger partial charge in [-0.3, -0.25) is 19.9 Å². The summed E-state index contributed by atoms with van der Waals surface area (Å²) >= 11 is 0. The van der Waals surface area contributed by atoms with Crippen molar-refractivity contribution in [2.75, 3.05) is 19.0 Å². The molecule has 1 aliphatic rings. The first-order valence-corrected chi connectivity index (χ1v) is 8.59. The van der Waals surface area contributed by atoms with Gasteiger partial charge in [0, 0.05) is 38.0 Å². The maximum atomic E-state index is 13.2. The first-order chi connectivity index (χ1) is 12.4. The molecule has 0 aliphatic heterocycles. The zero-order chi connectivity index (χ0) is 18.8. The molecule has 7 heteroatoms. The lowest BCUT2D eigenvalue weighted by Gasteiger charge is -2.29. The molecule has 0 bridgehead atoms. The lowest BCUT2D eigenvalue weighted by Crippen LogP contribution is -2.36. The summed E-state index contributed by atoms with van der Waals surface area (Å²) in [5.41, 5.74) is 1.55. The van der Waals surface area contributed by atoms with Crippen LogP contribution in [0.15, 0.2) is 42.6 Å². The third kappa shape index (κ3) is 3.51. The normalized spacial score (nSPS) is 14.6. The van der Waals surface area contributed by atoms with Crippen molar-refractivity contribution in [3.05, 3.63) is 64.0 Å². The zero-order valence-electron chi connectivity index (χ0n) is 15.1. The second kappa shape index (κ2) is 7.11. The minimum absolute atomic E-state index is 0.0675. The van der Waals surface area contributed by atoms with Crippen LogP contribution in [0.1, 0.15) is 41.9 Å². The van der Waals surface area contributed by atoms with E-state index in [0.29, 0.717) is 11.3 Å². The predicted molar refractivity (Wildman–Crippen MR) is 99.3 cm³/mol. The fraction of sp³-hybridized carbons (Fsp3) is 0.368. The van der Waals surface area contributed by atoms with E-state index < -0.39 is 4.92 Å². The number of carbonyl (C=O) groups is 1. The summed E-state index contributed by atoms with van der Waals surface area (Å²) in [5.74, 6) is -0.195. The Kier molecular flexibility index (Phi) is 4.88. The predicted octanol–water partition coefficient (Wildman–Crippen LogP) is 3.42. The van der Waals surface area contributed by atoms with E-state index >= 15 is 0 Å². The lowest BCUT2D eigenvalue weighted by molar-refractivity contribution is -0.384. The highest BCUT2D eigenvalue weighted by Gasteiger charge is 2.37. The van der Waals surface area contributed by atoms with Crippen LogP contribution in [0.3, 0.4) is 0 Å². The van der Waals surface area contributed by atoms with Crippen LogP contribution in [0, 0.1) is 10.1 Å². The standard InChI is InChI=1S/C19H22N4O3/c1-13(16-6-4-5-11-20-16)22(15-8-9-15)19(24)14-7-10-17(21(2)3)18(12-14)23(25)26/h4-7,10-13,15H,8-9H2,1-3H3. The number of nitro benzene ring substituents is 1. The van der Waals surface area contributed by atoms with Gasteiger partial charge in [0.05, 0.1) is 16.7 Å². The van der Waals surface area contributed by atoms with Gasteiger partial charge in [-0.2, -0.15) is 0 Å². The number of amides is 1. The van der Waals surface area contributed by atoms with Gasteiger partial charge in [0.1, 0.15) is 5.69 Å². The van der Waals surface area contributed by atoms with Gasteiger partial charge in [-0.05, 0) is 44.0 Å². The molecule has 1 saturated carbocycles. The molecule has 1 aromatic carbocycles. The monoisotopic (exact) mass is 354 g/mol. The van der Waals surface area contributed by atoms with E-state index in [1.807, 2.05) is 25.1 Å². The molecule has 136 valence electrons. The largest absolute Gasteiger partial charge is 0.372 e. The van der Waals surface area contributed by atoms with E-state index in [9.17, 15) is 14.9 Å². The fourth-order valence-electron chi connectivity index (χ4n) is 3.11. The van der Waals surface area contributed by atoms with Gasteiger partial charge in [0.15, 0.2) is 0 Å². The van der Waals surface area contributed by atoms with Gasteiger partial charge in [-0.15, -0.1) is 0 Å². The van der Waals surface area contributed by atoms with Crippen LogP contribution in [0.2, 0.25) is 0 Å². The van der Waals surface area contributed by atoms with Gasteiger partial charge in [-0.25, -0.2) is 0 Å². The number of aromatic nitrogens is 1. The van der Waals surface area contributed by atoms with Gasteiger partial charge < -0.3 is 9.80 Å². The van der Waals surface area contributed by atoms with E-state index in [1.165, 1.54) is 6.07 Å². The number of anilines is 1. The Balaban J connectivity index is 1.95. The molecule has 0 N–H and O–H groups in total. The molecule has 26 heavy (non-hydrogen) atoms. The van der Waals surface area contributed by atoms with Crippen molar-refractivity contribution in [3.63, 3.8) is 0 Å². The first-order valence-electron chi connectivity index (χ1n) is 8.59. The van der Waals surface area contributed by atoms with Gasteiger partial charge in [-0.1, -0.05) is 6.07 Å². The van der Waals surface area contributed by atoms with Gasteiger partial charge >= 0.3 is 0 Å². The summed E-state index contributed by atoms with van der Waals surface area (Å²) in [6.07, 6.45) is 3.60. The molecular formula is C19H22N4O3. The maximum Gasteiger partial charge on any atom is 0.293 e. The number of pyridine rings is 1. The lowest BCUT2D eigenvalue weighted by atomic mass is 10.1. The minimum atomic E-state index is -0.449. The van der Waals surface area contributed by atoms with Crippen LogP contribution in [-0.2, 0) is 0 Å². The Hall–Kier alpha value is -2.96. The van der Waals surface area contributed by atoms with E-state index in [-0.39, 0.29) is 23.7 Å². The molecule has 1 heterocycles. The van der Waals surface area contributed by atoms with E-state index in [1.54, 1.807) is 42.2 Å². The highest BCUT2D eigenvalue weighted by Crippen LogP contribution is 2.36. The Labute approximate surface area is 152 Å². The molecular weight excluding hydrogens is 332 g/mol. The van der Waals surface area contributed by atoms with Crippen molar-refractivity contribution < 1.29 is 9.72 Å². The Morgan fingerprint density at radius 1 is 1.27 bits per heavy atom. The molecule has 1 atom stereocenters. The highest BCUT2D eigenvalue weighted by atomic mass is 16.6. The average molecular weight is 354 g/mol. The smallest absolute Gasteiger partial charge is 0.293 e. The third-order valence-corrected chi connectivity index (χ3v) is 4.61. The Morgan fingerprint density at radius 3 is 2.54 bits per heavy atom. The summed E-state index contributed by atoms with van der Waals surface area (Å²) in [7, 11) is 3.48. The summed E-state index contributed by atoms with van der Waals surface area (Å²) in [4.78, 5) is 32.0. The second-order valence-electron chi connectivity index (χ2n) is 6.73. The number of rotatable bonds is 6. The Bertz CT molecular complexity index is 819. The molecule has 3 rings (SSSR count). The molecule has 0 saturated heterocycles. The number of benzene rings is 1. The number of carbonyl (C=O) groups excluding carboxylic acids is 1. The topological polar surface area (TPSA) is 79.6 Å². The van der Waals surface area contributed by atoms with Crippen LogP contribution in [0.4, 0.5) is 11.4 Å². The molecule has 7 nitrogen and oxygen atoms in total. The zero-order valence-corrected chi connectivity index (χ0v) is 15.1. The van der Waals surface area contributed by atoms with Crippen molar-refractivity contribution in [3.8, 4) is 0 Å². The van der Waals surface area contributed by atoms with Crippen LogP contribution in [0.25, 0.3) is 0 Å². The highest BCUT2D eigenvalue weighted by molar-refractivity contribution is 5.96. The number of hydrogen-bond donors (Lipinski definition) is 0. The molecule has 1 fully saturated rings. The third-order valence-electron chi connectivity index (χ3n) is 4.61. The summed E-state index contributed by atoms with van der Waals surface area (Å²) in [6.45, 7) is 1.95. The first kappa shape index (κ1) is 17.8. The molecule has 1 aromatic heterocycles. The number of nitro groups is 1. The molecule has 1 amide bonds. The van der Waals surface area contributed by atoms with Gasteiger partial charge in [0.2, 0.25) is 0 Å². The summed E-state index contributed by atoms with van der Waals surface area (Å²) < 4.78 is 0. The van der Waals surface area contributed by atoms with E-state index in [4.69, 9.17) is 0 Å². The van der Waals surface area contributed by atoms with Crippen molar-refractivity contribution in [2.24, 2.45) is 0 Å². The van der Waals surface area contributed by atoms with Crippen molar-refractivity contribution in [2.45, 2.75) is 31.8 Å². The number of hydrogen-bond acceptors (Lipinski definition) is 5. The number of nitrogens with zero attached hydrogens (tertiary/aromatic N) is 4. The van der Waals surface area contributed by atoms with Crippen molar-refractivity contribution in [1.82, 2.24) is 9.88 Å². The quantitative estimate of drug-likeness (QED) is 0.586. The molecule has 1 unspecified atom stereocenters. The van der Waals surface area contributed by atoms with Crippen LogP contribution in [-0.4, -0.2) is 40.9 Å². The maximum absolute atomic E-state index is 13.2. The van der Waals surface area contributed by atoms with Crippen LogP contribution < -0.4 is 4.90 Å². The van der Waals surface area contributed by atoms with Gasteiger partial charge in [0.25, 0.3) is 11.6 Å². The minimum Gasteiger partial charge on any atom is -0.372 e. The fourth-order valence-corrected chi connectivity index (χ4v) is 3.11. The molecule has 2 aromatic rings. The van der Waals surface area contributed by atoms with Crippen LogP contribution in [0.5, 0.6) is 0 Å². The second-order valence-corrected chi connectivity index (χ2v) is 6.73. The molecule has 0 radical (unpaired) electrons. The average Bonchev–Trinajstić information content (AvgIpc) is 3.46. The van der Waals surface area contributed by atoms with Crippen molar-refractivity contribution in [1.29, 1.82) is 0 Å². The van der Waals surface area contributed by atoms with E-state index in [0.717, 1.165) is 18.5 Å². The Morgan fingerprint density at radius 2 is 2.00 bits per heavy atom. The molecule has 1 aliphatic carbocycles. The summed E-state index contributed by atoms with van der Waals surface area (Å²) in [5, 5.41) is 11.4. The molecule has 0 spiro atoms. The SMILES string of the molecule is CC(c1ccccn1)N(C(=O)c1ccc(N(C)C)c([N+](=O)[O-])c1)C1CC1.